The lowest BCUT2D eigenvalue weighted by molar-refractivity contribution is 0.446. The molecule has 1 aromatic rings. The molecule has 0 atom stereocenters. The fraction of sp³-hybridized carbons (Fsp3) is 0.400. The highest BCUT2D eigenvalue weighted by Gasteiger charge is 2.28. The molecule has 0 aliphatic heterocycles. The maximum absolute atomic E-state index is 13.4. The molecule has 1 rings (SSSR count). The van der Waals surface area contributed by atoms with Crippen LogP contribution in [0.3, 0.4) is 0 Å². The summed E-state index contributed by atoms with van der Waals surface area (Å²) in [5.74, 6) is -4.02. The van der Waals surface area contributed by atoms with E-state index >= 15 is 0 Å². The zero-order valence-electron chi connectivity index (χ0n) is 9.46. The predicted octanol–water partition coefficient (Wildman–Crippen LogP) is 2.51. The van der Waals surface area contributed by atoms with Gasteiger partial charge in [-0.15, -0.1) is 0 Å². The Morgan fingerprint density at radius 3 is 2.17 bits per heavy atom. The Balaban J connectivity index is 3.20. The topological polar surface area (TPSA) is 37.4 Å². The standard InChI is InChI=1S/C10H11BrF3NO2S/c1-15(4-2-3-11)18(16,17)10-8(13)5-7(12)6-9(10)14/h5-6H,2-4H2,1H3. The molecule has 1 aromatic carbocycles. The fourth-order valence-corrected chi connectivity index (χ4v) is 2.88. The maximum atomic E-state index is 13.4. The smallest absolute Gasteiger partial charge is 0.207 e. The van der Waals surface area contributed by atoms with Gasteiger partial charge in [0, 0.05) is 31.1 Å². The van der Waals surface area contributed by atoms with E-state index in [4.69, 9.17) is 0 Å². The summed E-state index contributed by atoms with van der Waals surface area (Å²) >= 11 is 3.12. The SMILES string of the molecule is CN(CCCBr)S(=O)(=O)c1c(F)cc(F)cc1F. The summed E-state index contributed by atoms with van der Waals surface area (Å²) in [7, 11) is -3.08. The van der Waals surface area contributed by atoms with Gasteiger partial charge in [0.2, 0.25) is 10.0 Å². The van der Waals surface area contributed by atoms with Gasteiger partial charge in [-0.3, -0.25) is 0 Å². The molecule has 0 radical (unpaired) electrons. The van der Waals surface area contributed by atoms with Gasteiger partial charge in [-0.25, -0.2) is 25.9 Å². The Labute approximate surface area is 112 Å². The zero-order chi connectivity index (χ0) is 13.9. The third-order valence-corrected chi connectivity index (χ3v) is 4.71. The van der Waals surface area contributed by atoms with Crippen LogP contribution in [0.1, 0.15) is 6.42 Å². The van der Waals surface area contributed by atoms with Gasteiger partial charge in [-0.2, -0.15) is 0 Å². The van der Waals surface area contributed by atoms with E-state index in [-0.39, 0.29) is 6.54 Å². The van der Waals surface area contributed by atoms with Crippen LogP contribution in [0.4, 0.5) is 13.2 Å². The molecule has 0 heterocycles. The van der Waals surface area contributed by atoms with E-state index in [1.165, 1.54) is 7.05 Å². The summed E-state index contributed by atoms with van der Waals surface area (Å²) in [5, 5.41) is 0.557. The summed E-state index contributed by atoms with van der Waals surface area (Å²) < 4.78 is 64.1. The molecular weight excluding hydrogens is 335 g/mol. The van der Waals surface area contributed by atoms with E-state index in [1.807, 2.05) is 0 Å². The van der Waals surface area contributed by atoms with Crippen molar-refractivity contribution < 1.29 is 21.6 Å². The molecular formula is C10H11BrF3NO2S. The number of alkyl halides is 1. The minimum absolute atomic E-state index is 0.101. The second kappa shape index (κ2) is 6.03. The quantitative estimate of drug-likeness (QED) is 0.769. The molecule has 0 aliphatic carbocycles. The van der Waals surface area contributed by atoms with Gasteiger partial charge < -0.3 is 0 Å². The van der Waals surface area contributed by atoms with Gasteiger partial charge in [-0.05, 0) is 6.42 Å². The minimum Gasteiger partial charge on any atom is -0.207 e. The van der Waals surface area contributed by atoms with Gasteiger partial charge >= 0.3 is 0 Å². The Hall–Kier alpha value is -0.600. The summed E-state index contributed by atoms with van der Waals surface area (Å²) in [6.07, 6.45) is 0.486. The van der Waals surface area contributed by atoms with Crippen LogP contribution in [0.2, 0.25) is 0 Å². The first-order chi connectivity index (χ1) is 8.30. The van der Waals surface area contributed by atoms with Crippen LogP contribution in [-0.2, 0) is 10.0 Å². The summed E-state index contributed by atoms with van der Waals surface area (Å²) in [6, 6.07) is 0.683. The Morgan fingerprint density at radius 2 is 1.72 bits per heavy atom. The number of hydrogen-bond acceptors (Lipinski definition) is 2. The van der Waals surface area contributed by atoms with Crippen molar-refractivity contribution in [2.75, 3.05) is 18.9 Å². The van der Waals surface area contributed by atoms with Gasteiger partial charge in [-0.1, -0.05) is 15.9 Å². The fourth-order valence-electron chi connectivity index (χ4n) is 1.33. The molecule has 0 fully saturated rings. The molecule has 0 unspecified atom stereocenters. The molecule has 8 heteroatoms. The van der Waals surface area contributed by atoms with Crippen LogP contribution in [0, 0.1) is 17.5 Å². The molecule has 0 bridgehead atoms. The number of nitrogens with zero attached hydrogens (tertiary/aromatic N) is 1. The van der Waals surface area contributed by atoms with Crippen LogP contribution in [0.15, 0.2) is 17.0 Å². The van der Waals surface area contributed by atoms with E-state index in [0.717, 1.165) is 4.31 Å². The third-order valence-electron chi connectivity index (χ3n) is 2.24. The number of halogens is 4. The summed E-state index contributed by atoms with van der Waals surface area (Å²) in [5.41, 5.74) is 0. The normalized spacial score (nSPS) is 12.1. The molecule has 0 N–H and O–H groups in total. The molecule has 0 saturated heterocycles. The molecule has 0 aromatic heterocycles. The van der Waals surface area contributed by atoms with Gasteiger partial charge in [0.25, 0.3) is 0 Å². The average Bonchev–Trinajstić information content (AvgIpc) is 2.23. The highest BCUT2D eigenvalue weighted by Crippen LogP contribution is 2.23. The van der Waals surface area contributed by atoms with Gasteiger partial charge in [0.1, 0.15) is 17.5 Å². The summed E-state index contributed by atoms with van der Waals surface area (Å²) in [6.45, 7) is 0.101. The van der Waals surface area contributed by atoms with Crippen LogP contribution in [-0.4, -0.2) is 31.6 Å². The molecule has 102 valence electrons. The van der Waals surface area contributed by atoms with Gasteiger partial charge in [0.15, 0.2) is 4.90 Å². The largest absolute Gasteiger partial charge is 0.248 e. The maximum Gasteiger partial charge on any atom is 0.248 e. The second-order valence-corrected chi connectivity index (χ2v) is 6.34. The van der Waals surface area contributed by atoms with E-state index in [2.05, 4.69) is 15.9 Å². The Bertz CT molecular complexity index is 513. The number of hydrogen-bond donors (Lipinski definition) is 0. The molecule has 18 heavy (non-hydrogen) atoms. The molecule has 3 nitrogen and oxygen atoms in total. The molecule has 0 spiro atoms. The van der Waals surface area contributed by atoms with E-state index in [1.54, 1.807) is 0 Å². The van der Waals surface area contributed by atoms with Crippen LogP contribution in [0.5, 0.6) is 0 Å². The lowest BCUT2D eigenvalue weighted by Gasteiger charge is -2.17. The van der Waals surface area contributed by atoms with E-state index < -0.39 is 32.4 Å². The first kappa shape index (κ1) is 15.5. The van der Waals surface area contributed by atoms with Crippen LogP contribution in [0.25, 0.3) is 0 Å². The minimum atomic E-state index is -4.29. The van der Waals surface area contributed by atoms with Crippen molar-refractivity contribution in [2.45, 2.75) is 11.3 Å². The van der Waals surface area contributed by atoms with Crippen molar-refractivity contribution >= 4 is 26.0 Å². The van der Waals surface area contributed by atoms with Crippen LogP contribution < -0.4 is 0 Å². The first-order valence-electron chi connectivity index (χ1n) is 4.97. The summed E-state index contributed by atoms with van der Waals surface area (Å²) in [4.78, 5) is -1.12. The lowest BCUT2D eigenvalue weighted by Crippen LogP contribution is -2.29. The Morgan fingerprint density at radius 1 is 1.22 bits per heavy atom. The predicted molar refractivity (Wildman–Crippen MR) is 64.5 cm³/mol. The highest BCUT2D eigenvalue weighted by atomic mass is 79.9. The van der Waals surface area contributed by atoms with Crippen molar-refractivity contribution in [1.29, 1.82) is 0 Å². The first-order valence-corrected chi connectivity index (χ1v) is 7.53. The van der Waals surface area contributed by atoms with Crippen molar-refractivity contribution in [3.63, 3.8) is 0 Å². The number of sulfonamides is 1. The zero-order valence-corrected chi connectivity index (χ0v) is 11.9. The van der Waals surface area contributed by atoms with E-state index in [9.17, 15) is 21.6 Å². The Kier molecular flexibility index (Phi) is 5.18. The lowest BCUT2D eigenvalue weighted by atomic mass is 10.3. The van der Waals surface area contributed by atoms with Gasteiger partial charge in [0.05, 0.1) is 0 Å². The van der Waals surface area contributed by atoms with Crippen LogP contribution >= 0.6 is 15.9 Å². The van der Waals surface area contributed by atoms with Crippen molar-refractivity contribution in [3.05, 3.63) is 29.6 Å². The highest BCUT2D eigenvalue weighted by molar-refractivity contribution is 9.09. The number of benzene rings is 1. The van der Waals surface area contributed by atoms with Crippen molar-refractivity contribution in [1.82, 2.24) is 4.31 Å². The van der Waals surface area contributed by atoms with E-state index in [0.29, 0.717) is 23.9 Å². The molecule has 0 saturated carbocycles. The monoisotopic (exact) mass is 345 g/mol. The molecule has 0 aliphatic rings. The third kappa shape index (κ3) is 3.24. The van der Waals surface area contributed by atoms with Crippen molar-refractivity contribution in [3.8, 4) is 0 Å². The average molecular weight is 346 g/mol. The second-order valence-electron chi connectivity index (χ2n) is 3.57. The number of rotatable bonds is 5. The van der Waals surface area contributed by atoms with Crippen molar-refractivity contribution in [2.24, 2.45) is 0 Å². The molecule has 0 amide bonds.